The second-order valence-corrected chi connectivity index (χ2v) is 11.5. The van der Waals surface area contributed by atoms with Crippen molar-refractivity contribution in [3.8, 4) is 17.2 Å². The molecule has 4 aromatic rings. The van der Waals surface area contributed by atoms with Gasteiger partial charge in [-0.2, -0.15) is 0 Å². The van der Waals surface area contributed by atoms with Crippen LogP contribution in [0.2, 0.25) is 0 Å². The number of nitrogens with one attached hydrogen (secondary N) is 2. The van der Waals surface area contributed by atoms with Gasteiger partial charge >= 0.3 is 0 Å². The molecule has 0 saturated carbocycles. The molecule has 1 fully saturated rings. The molecule has 5 rings (SSSR count). The van der Waals surface area contributed by atoms with Gasteiger partial charge in [0.15, 0.2) is 0 Å². The summed E-state index contributed by atoms with van der Waals surface area (Å²) in [6.45, 7) is 2.40. The molecule has 0 radical (unpaired) electrons. The Bertz CT molecular complexity index is 1790. The highest BCUT2D eigenvalue weighted by molar-refractivity contribution is 8.00. The van der Waals surface area contributed by atoms with Crippen molar-refractivity contribution in [2.45, 2.75) is 23.5 Å². The van der Waals surface area contributed by atoms with Gasteiger partial charge in [0.1, 0.15) is 22.9 Å². The number of hydrogen-bond acceptors (Lipinski definition) is 8. The average Bonchev–Trinajstić information content (AvgIpc) is 3.37. The Morgan fingerprint density at radius 1 is 0.894 bits per heavy atom. The van der Waals surface area contributed by atoms with Crippen LogP contribution in [-0.4, -0.2) is 49.7 Å². The van der Waals surface area contributed by atoms with Gasteiger partial charge in [-0.3, -0.25) is 19.2 Å². The smallest absolute Gasteiger partial charge is 0.272 e. The fourth-order valence-corrected chi connectivity index (χ4v) is 5.91. The molecule has 0 spiro atoms. The molecule has 1 heterocycles. The van der Waals surface area contributed by atoms with E-state index in [1.54, 1.807) is 97.1 Å². The minimum absolute atomic E-state index is 0.0201. The van der Waals surface area contributed by atoms with Crippen molar-refractivity contribution >= 4 is 52.8 Å². The van der Waals surface area contributed by atoms with E-state index in [0.717, 1.165) is 4.90 Å². The van der Waals surface area contributed by atoms with Gasteiger partial charge in [-0.1, -0.05) is 18.2 Å². The third-order valence-electron chi connectivity index (χ3n) is 7.17. The number of imide groups is 1. The highest BCUT2D eigenvalue weighted by atomic mass is 32.2. The van der Waals surface area contributed by atoms with Crippen LogP contribution in [-0.2, 0) is 14.4 Å². The Hall–Kier alpha value is -5.55. The Balaban J connectivity index is 1.30. The van der Waals surface area contributed by atoms with E-state index in [4.69, 9.17) is 14.2 Å². The Labute approximate surface area is 276 Å². The minimum Gasteiger partial charge on any atom is -0.497 e. The zero-order valence-electron chi connectivity index (χ0n) is 26.0. The van der Waals surface area contributed by atoms with E-state index < -0.39 is 17.1 Å². The maximum absolute atomic E-state index is 13.5. The first-order chi connectivity index (χ1) is 22.8. The van der Waals surface area contributed by atoms with Crippen LogP contribution in [0.25, 0.3) is 6.08 Å². The number of ether oxygens (including phenoxy) is 3. The van der Waals surface area contributed by atoms with Gasteiger partial charge in [-0.05, 0) is 91.9 Å². The molecule has 1 unspecified atom stereocenters. The fraction of sp³-hybridized carbons (Fsp3) is 0.167. The lowest BCUT2D eigenvalue weighted by atomic mass is 10.1. The first-order valence-electron chi connectivity index (χ1n) is 14.8. The summed E-state index contributed by atoms with van der Waals surface area (Å²) in [5.74, 6) is 0.0905. The van der Waals surface area contributed by atoms with E-state index in [2.05, 4.69) is 10.6 Å². The van der Waals surface area contributed by atoms with Crippen molar-refractivity contribution in [3.63, 3.8) is 0 Å². The van der Waals surface area contributed by atoms with Crippen LogP contribution in [0.4, 0.5) is 11.4 Å². The van der Waals surface area contributed by atoms with Crippen molar-refractivity contribution in [2.24, 2.45) is 0 Å². The fourth-order valence-electron chi connectivity index (χ4n) is 4.86. The van der Waals surface area contributed by atoms with Crippen LogP contribution >= 0.6 is 11.8 Å². The van der Waals surface area contributed by atoms with Gasteiger partial charge in [-0.25, -0.2) is 4.90 Å². The minimum atomic E-state index is -0.588. The maximum Gasteiger partial charge on any atom is 0.272 e. The molecule has 4 aromatic carbocycles. The number of carbonyl (C=O) groups is 4. The summed E-state index contributed by atoms with van der Waals surface area (Å²) >= 11 is 1.28. The Morgan fingerprint density at radius 2 is 1.60 bits per heavy atom. The standard InChI is InChI=1S/C36H33N3O7S/c1-4-46-27-14-12-26(13-15-27)39-33(40)22-32(36(39)43)47-29-17-10-25(11-18-29)37-35(42)30(38-34(41)23-8-6-5-7-9-23)21-24-20-28(44-2)16-19-31(24)45-3/h5-21,32H,4,22H2,1-3H3,(H,37,42)(H,38,41)/b30-21-. The molecule has 1 aliphatic rings. The summed E-state index contributed by atoms with van der Waals surface area (Å²) in [5, 5.41) is 4.95. The van der Waals surface area contributed by atoms with Gasteiger partial charge in [0.25, 0.3) is 11.8 Å². The molecule has 1 atom stereocenters. The van der Waals surface area contributed by atoms with Crippen LogP contribution < -0.4 is 29.7 Å². The number of amides is 4. The summed E-state index contributed by atoms with van der Waals surface area (Å²) in [5.41, 5.74) is 1.84. The van der Waals surface area contributed by atoms with Crippen LogP contribution in [0.3, 0.4) is 0 Å². The molecule has 1 saturated heterocycles. The van der Waals surface area contributed by atoms with Gasteiger partial charge < -0.3 is 24.8 Å². The normalized spacial score (nSPS) is 14.5. The Kier molecular flexibility index (Phi) is 10.6. The first kappa shape index (κ1) is 32.8. The molecule has 10 nitrogen and oxygen atoms in total. The van der Waals surface area contributed by atoms with Crippen LogP contribution in [0.5, 0.6) is 17.2 Å². The lowest BCUT2D eigenvalue weighted by Crippen LogP contribution is -2.31. The third kappa shape index (κ3) is 8.00. The van der Waals surface area contributed by atoms with E-state index in [0.29, 0.717) is 46.4 Å². The molecule has 1 aliphatic heterocycles. The summed E-state index contributed by atoms with van der Waals surface area (Å²) < 4.78 is 16.2. The number of benzene rings is 4. The number of rotatable bonds is 12. The van der Waals surface area contributed by atoms with E-state index in [1.165, 1.54) is 37.0 Å². The number of hydrogen-bond donors (Lipinski definition) is 2. The van der Waals surface area contributed by atoms with Gasteiger partial charge in [-0.15, -0.1) is 11.8 Å². The molecule has 240 valence electrons. The zero-order chi connectivity index (χ0) is 33.3. The van der Waals surface area contributed by atoms with Crippen molar-refractivity contribution in [2.75, 3.05) is 31.0 Å². The summed E-state index contributed by atoms with van der Waals surface area (Å²) in [7, 11) is 3.04. The number of nitrogens with zero attached hydrogens (tertiary/aromatic N) is 1. The number of carbonyl (C=O) groups excluding carboxylic acids is 4. The monoisotopic (exact) mass is 651 g/mol. The summed E-state index contributed by atoms with van der Waals surface area (Å²) in [4.78, 5) is 54.5. The predicted molar refractivity (Wildman–Crippen MR) is 181 cm³/mol. The zero-order valence-corrected chi connectivity index (χ0v) is 26.8. The predicted octanol–water partition coefficient (Wildman–Crippen LogP) is 5.94. The largest absolute Gasteiger partial charge is 0.497 e. The number of thioether (sulfide) groups is 1. The van der Waals surface area contributed by atoms with E-state index in [-0.39, 0.29) is 23.9 Å². The van der Waals surface area contributed by atoms with Crippen LogP contribution in [0, 0.1) is 0 Å². The third-order valence-corrected chi connectivity index (χ3v) is 8.36. The number of methoxy groups -OCH3 is 2. The second kappa shape index (κ2) is 15.2. The number of anilines is 2. The molecular weight excluding hydrogens is 618 g/mol. The topological polar surface area (TPSA) is 123 Å². The van der Waals surface area contributed by atoms with Crippen molar-refractivity contribution in [1.29, 1.82) is 0 Å². The van der Waals surface area contributed by atoms with Crippen LogP contribution in [0.1, 0.15) is 29.3 Å². The highest BCUT2D eigenvalue weighted by Crippen LogP contribution is 2.35. The first-order valence-corrected chi connectivity index (χ1v) is 15.7. The van der Waals surface area contributed by atoms with E-state index >= 15 is 0 Å². The van der Waals surface area contributed by atoms with Gasteiger partial charge in [0.2, 0.25) is 11.8 Å². The van der Waals surface area contributed by atoms with Gasteiger partial charge in [0, 0.05) is 28.1 Å². The second-order valence-electron chi connectivity index (χ2n) is 10.3. The highest BCUT2D eigenvalue weighted by Gasteiger charge is 2.40. The van der Waals surface area contributed by atoms with Crippen LogP contribution in [0.15, 0.2) is 108 Å². The lowest BCUT2D eigenvalue weighted by Gasteiger charge is -2.16. The van der Waals surface area contributed by atoms with E-state index in [1.807, 2.05) is 6.92 Å². The van der Waals surface area contributed by atoms with Gasteiger partial charge in [0.05, 0.1) is 31.8 Å². The average molecular weight is 652 g/mol. The molecule has 0 aromatic heterocycles. The molecule has 47 heavy (non-hydrogen) atoms. The molecule has 0 aliphatic carbocycles. The quantitative estimate of drug-likeness (QED) is 0.143. The molecule has 0 bridgehead atoms. The Morgan fingerprint density at radius 3 is 2.26 bits per heavy atom. The van der Waals surface area contributed by atoms with E-state index in [9.17, 15) is 19.2 Å². The molecule has 2 N–H and O–H groups in total. The summed E-state index contributed by atoms with van der Waals surface area (Å²) in [6.07, 6.45) is 1.58. The van der Waals surface area contributed by atoms with Crippen molar-refractivity contribution in [3.05, 3.63) is 114 Å². The van der Waals surface area contributed by atoms with Crippen molar-refractivity contribution < 1.29 is 33.4 Å². The van der Waals surface area contributed by atoms with Crippen molar-refractivity contribution in [1.82, 2.24) is 5.32 Å². The summed E-state index contributed by atoms with van der Waals surface area (Å²) in [6, 6.07) is 27.4. The SMILES string of the molecule is CCOc1ccc(N2C(=O)CC(Sc3ccc(NC(=O)/C(=C/c4cc(OC)ccc4OC)NC(=O)c4ccccc4)cc3)C2=O)cc1. The maximum atomic E-state index is 13.5. The lowest BCUT2D eigenvalue weighted by molar-refractivity contribution is -0.121. The molecule has 4 amide bonds. The molecule has 11 heteroatoms. The molecular formula is C36H33N3O7S.